The van der Waals surface area contributed by atoms with E-state index < -0.39 is 0 Å². The van der Waals surface area contributed by atoms with Gasteiger partial charge in [0.1, 0.15) is 6.61 Å². The molecule has 1 fully saturated rings. The van der Waals surface area contributed by atoms with Crippen LogP contribution in [0.4, 0.5) is 0 Å². The molecule has 0 aromatic heterocycles. The number of hydrogen-bond donors (Lipinski definition) is 0. The second-order valence-corrected chi connectivity index (χ2v) is 8.71. The molecule has 2 aromatic carbocycles. The fraction of sp³-hybridized carbons (Fsp3) is 0.458. The van der Waals surface area contributed by atoms with E-state index >= 15 is 0 Å². The number of morpholine rings is 1. The van der Waals surface area contributed by atoms with Gasteiger partial charge in [-0.1, -0.05) is 42.5 Å². The number of hydrogen-bond acceptors (Lipinski definition) is 4. The molecule has 2 aliphatic heterocycles. The van der Waals surface area contributed by atoms with Crippen LogP contribution in [0.15, 0.2) is 53.5 Å². The van der Waals surface area contributed by atoms with Gasteiger partial charge in [0.25, 0.3) is 0 Å². The Kier molecular flexibility index (Phi) is 5.26. The van der Waals surface area contributed by atoms with Gasteiger partial charge in [0, 0.05) is 25.2 Å². The molecule has 2 heterocycles. The van der Waals surface area contributed by atoms with Crippen LogP contribution in [0.1, 0.15) is 38.8 Å². The molecule has 2 aliphatic rings. The summed E-state index contributed by atoms with van der Waals surface area (Å²) >= 11 is 0. The van der Waals surface area contributed by atoms with Crippen LogP contribution in [0.5, 0.6) is 0 Å². The van der Waals surface area contributed by atoms with Crippen molar-refractivity contribution < 1.29 is 9.47 Å². The van der Waals surface area contributed by atoms with E-state index in [0.29, 0.717) is 18.8 Å². The molecule has 0 spiro atoms. The predicted molar refractivity (Wildman–Crippen MR) is 114 cm³/mol. The lowest BCUT2D eigenvalue weighted by Crippen LogP contribution is -2.44. The minimum absolute atomic E-state index is 0.154. The van der Waals surface area contributed by atoms with Crippen LogP contribution >= 0.6 is 0 Å². The van der Waals surface area contributed by atoms with Crippen molar-refractivity contribution in [3.63, 3.8) is 0 Å². The Hall–Kier alpha value is -2.17. The molecule has 4 heteroatoms. The normalized spacial score (nSPS) is 24.6. The molecule has 0 radical (unpaired) electrons. The van der Waals surface area contributed by atoms with E-state index in [9.17, 15) is 0 Å². The summed E-state index contributed by atoms with van der Waals surface area (Å²) in [7, 11) is 0. The van der Waals surface area contributed by atoms with Crippen LogP contribution in [-0.4, -0.2) is 48.2 Å². The van der Waals surface area contributed by atoms with Crippen molar-refractivity contribution in [2.45, 2.75) is 52.0 Å². The maximum atomic E-state index is 5.89. The summed E-state index contributed by atoms with van der Waals surface area (Å²) in [4.78, 5) is 7.24. The summed E-state index contributed by atoms with van der Waals surface area (Å²) < 4.78 is 11.7. The van der Waals surface area contributed by atoms with Crippen LogP contribution in [0, 0.1) is 0 Å². The number of nitrogens with zero attached hydrogens (tertiary/aromatic N) is 2. The molecule has 0 bridgehead atoms. The lowest BCUT2D eigenvalue weighted by atomic mass is 9.98. The summed E-state index contributed by atoms with van der Waals surface area (Å²) in [5.41, 5.74) is 4.60. The highest BCUT2D eigenvalue weighted by Gasteiger charge is 2.28. The van der Waals surface area contributed by atoms with Crippen molar-refractivity contribution >= 4 is 5.90 Å². The van der Waals surface area contributed by atoms with E-state index in [1.54, 1.807) is 0 Å². The largest absolute Gasteiger partial charge is 0.475 e. The molecule has 2 aromatic rings. The van der Waals surface area contributed by atoms with Crippen LogP contribution < -0.4 is 0 Å². The Morgan fingerprint density at radius 2 is 1.61 bits per heavy atom. The van der Waals surface area contributed by atoms with Gasteiger partial charge in [0.2, 0.25) is 5.90 Å². The highest BCUT2D eigenvalue weighted by Crippen LogP contribution is 2.29. The predicted octanol–water partition coefficient (Wildman–Crippen LogP) is 4.52. The summed E-state index contributed by atoms with van der Waals surface area (Å²) in [6.45, 7) is 12.1. The first-order chi connectivity index (χ1) is 13.4. The average molecular weight is 379 g/mol. The second kappa shape index (κ2) is 7.69. The molecule has 1 saturated heterocycles. The third-order valence-electron chi connectivity index (χ3n) is 5.29. The molecular formula is C24H30N2O2. The Morgan fingerprint density at radius 1 is 0.964 bits per heavy atom. The average Bonchev–Trinajstić information content (AvgIpc) is 3.01. The van der Waals surface area contributed by atoms with Gasteiger partial charge >= 0.3 is 0 Å². The standard InChI is InChI=1S/C24H30N2O2/c1-17-13-26(14-18(2)28-17)15-19-9-11-20(12-10-19)21-7-5-6-8-22(21)23-25-24(3,4)16-27-23/h5-12,17-18H,13-16H2,1-4H3/t17-,18+. The van der Waals surface area contributed by atoms with Crippen molar-refractivity contribution in [2.75, 3.05) is 19.7 Å². The molecule has 148 valence electrons. The van der Waals surface area contributed by atoms with Crippen molar-refractivity contribution in [1.29, 1.82) is 0 Å². The minimum Gasteiger partial charge on any atom is -0.475 e. The van der Waals surface area contributed by atoms with Crippen LogP contribution in [0.25, 0.3) is 11.1 Å². The van der Waals surface area contributed by atoms with Gasteiger partial charge in [-0.25, -0.2) is 4.99 Å². The Bertz CT molecular complexity index is 847. The zero-order chi connectivity index (χ0) is 19.7. The second-order valence-electron chi connectivity index (χ2n) is 8.71. The quantitative estimate of drug-likeness (QED) is 0.784. The van der Waals surface area contributed by atoms with E-state index in [2.05, 4.69) is 75.1 Å². The van der Waals surface area contributed by atoms with Crippen molar-refractivity contribution in [3.8, 4) is 11.1 Å². The molecule has 4 nitrogen and oxygen atoms in total. The number of rotatable bonds is 4. The first-order valence-electron chi connectivity index (χ1n) is 10.2. The molecule has 0 saturated carbocycles. The highest BCUT2D eigenvalue weighted by atomic mass is 16.5. The third kappa shape index (κ3) is 4.29. The number of ether oxygens (including phenoxy) is 2. The first-order valence-corrected chi connectivity index (χ1v) is 10.2. The Balaban J connectivity index is 1.54. The maximum Gasteiger partial charge on any atom is 0.217 e. The van der Waals surface area contributed by atoms with Gasteiger partial charge in [-0.15, -0.1) is 0 Å². The lowest BCUT2D eigenvalue weighted by Gasteiger charge is -2.35. The van der Waals surface area contributed by atoms with E-state index in [0.717, 1.165) is 31.1 Å². The van der Waals surface area contributed by atoms with E-state index in [-0.39, 0.29) is 5.54 Å². The van der Waals surface area contributed by atoms with E-state index in [1.807, 2.05) is 6.07 Å². The summed E-state index contributed by atoms with van der Waals surface area (Å²) in [5.74, 6) is 0.751. The Labute approximate surface area is 168 Å². The van der Waals surface area contributed by atoms with E-state index in [4.69, 9.17) is 14.5 Å². The molecule has 0 unspecified atom stereocenters. The van der Waals surface area contributed by atoms with Crippen molar-refractivity contribution in [1.82, 2.24) is 4.90 Å². The monoisotopic (exact) mass is 378 g/mol. The van der Waals surface area contributed by atoms with Crippen LogP contribution in [0.2, 0.25) is 0 Å². The molecule has 0 N–H and O–H groups in total. The smallest absolute Gasteiger partial charge is 0.217 e. The van der Waals surface area contributed by atoms with Gasteiger partial charge in [-0.05, 0) is 50.5 Å². The molecular weight excluding hydrogens is 348 g/mol. The summed E-state index contributed by atoms with van der Waals surface area (Å²) in [6, 6.07) is 17.3. The minimum atomic E-state index is -0.154. The summed E-state index contributed by atoms with van der Waals surface area (Å²) in [6.07, 6.45) is 0.595. The van der Waals surface area contributed by atoms with Crippen LogP contribution in [-0.2, 0) is 16.0 Å². The van der Waals surface area contributed by atoms with Gasteiger partial charge in [0.05, 0.1) is 17.7 Å². The highest BCUT2D eigenvalue weighted by molar-refractivity contribution is 6.01. The topological polar surface area (TPSA) is 34.1 Å². The number of aliphatic imine (C=N–C) groups is 1. The lowest BCUT2D eigenvalue weighted by molar-refractivity contribution is -0.0704. The molecule has 0 aliphatic carbocycles. The van der Waals surface area contributed by atoms with Crippen molar-refractivity contribution in [2.24, 2.45) is 4.99 Å². The summed E-state index contributed by atoms with van der Waals surface area (Å²) in [5, 5.41) is 0. The zero-order valence-corrected chi connectivity index (χ0v) is 17.3. The fourth-order valence-electron chi connectivity index (χ4n) is 4.11. The molecule has 2 atom stereocenters. The first kappa shape index (κ1) is 19.2. The number of benzene rings is 2. The molecule has 0 amide bonds. The van der Waals surface area contributed by atoms with Crippen molar-refractivity contribution in [3.05, 3.63) is 59.7 Å². The van der Waals surface area contributed by atoms with Gasteiger partial charge in [0.15, 0.2) is 0 Å². The maximum absolute atomic E-state index is 5.89. The van der Waals surface area contributed by atoms with Gasteiger partial charge < -0.3 is 9.47 Å². The van der Waals surface area contributed by atoms with Gasteiger partial charge in [-0.2, -0.15) is 0 Å². The van der Waals surface area contributed by atoms with Crippen LogP contribution in [0.3, 0.4) is 0 Å². The van der Waals surface area contributed by atoms with E-state index in [1.165, 1.54) is 16.7 Å². The van der Waals surface area contributed by atoms with Gasteiger partial charge in [-0.3, -0.25) is 4.90 Å². The SMILES string of the molecule is C[C@@H]1CN(Cc2ccc(-c3ccccc3C3=NC(C)(C)CO3)cc2)C[C@H](C)O1. The zero-order valence-electron chi connectivity index (χ0n) is 17.3. The fourth-order valence-corrected chi connectivity index (χ4v) is 4.11. The third-order valence-corrected chi connectivity index (χ3v) is 5.29. The molecule has 28 heavy (non-hydrogen) atoms. The molecule has 4 rings (SSSR count). The Morgan fingerprint density at radius 3 is 2.21 bits per heavy atom.